The first-order chi connectivity index (χ1) is 14.8. The second-order valence-corrected chi connectivity index (χ2v) is 10.6. The lowest BCUT2D eigenvalue weighted by Crippen LogP contribution is -2.43. The van der Waals surface area contributed by atoms with Gasteiger partial charge in [-0.2, -0.15) is 0 Å². The number of hydrogen-bond acceptors (Lipinski definition) is 3. The number of fused-ring (bicyclic) bond motifs is 1. The Labute approximate surface area is 186 Å². The number of aliphatic carboxylic acids is 1. The van der Waals surface area contributed by atoms with Gasteiger partial charge in [0.2, 0.25) is 0 Å². The molecule has 1 aliphatic heterocycles. The van der Waals surface area contributed by atoms with Crippen LogP contribution in [0.4, 0.5) is 0 Å². The maximum atomic E-state index is 11.6. The number of carboxylic acid groups (broad SMARTS) is 1. The lowest BCUT2D eigenvalue weighted by molar-refractivity contribution is -0.144. The summed E-state index contributed by atoms with van der Waals surface area (Å²) < 4.78 is 6.34. The molecule has 1 saturated heterocycles. The van der Waals surface area contributed by atoms with Crippen LogP contribution in [0, 0.1) is 11.3 Å². The average Bonchev–Trinajstić information content (AvgIpc) is 2.74. The number of likely N-dealkylation sites (tertiary alicyclic amines) is 1. The Morgan fingerprint density at radius 3 is 2.42 bits per heavy atom. The van der Waals surface area contributed by atoms with Crippen molar-refractivity contribution < 1.29 is 14.6 Å². The van der Waals surface area contributed by atoms with E-state index in [0.29, 0.717) is 18.1 Å². The molecule has 168 valence electrons. The monoisotopic (exact) mass is 423 g/mol. The molecule has 1 atom stereocenters. The summed E-state index contributed by atoms with van der Waals surface area (Å²) in [7, 11) is 0. The second kappa shape index (κ2) is 9.20. The minimum atomic E-state index is -0.696. The van der Waals surface area contributed by atoms with Crippen LogP contribution < -0.4 is 4.74 Å². The van der Waals surface area contributed by atoms with Crippen LogP contribution in [0.1, 0.15) is 71.3 Å². The highest BCUT2D eigenvalue weighted by atomic mass is 16.5. The normalized spacial score (nSPS) is 25.5. The van der Waals surface area contributed by atoms with Crippen molar-refractivity contribution in [3.8, 4) is 5.75 Å². The topological polar surface area (TPSA) is 49.8 Å². The predicted molar refractivity (Wildman–Crippen MR) is 125 cm³/mol. The molecule has 0 bridgehead atoms. The second-order valence-electron chi connectivity index (χ2n) is 10.6. The lowest BCUT2D eigenvalue weighted by Gasteiger charge is -2.37. The molecule has 0 radical (unpaired) electrons. The first-order valence-corrected chi connectivity index (χ1v) is 12.0. The predicted octanol–water partition coefficient (Wildman–Crippen LogP) is 6.26. The molecule has 1 saturated carbocycles. The van der Waals surface area contributed by atoms with E-state index in [1.165, 1.54) is 29.2 Å². The summed E-state index contributed by atoms with van der Waals surface area (Å²) in [6.07, 6.45) is 7.93. The Morgan fingerprint density at radius 1 is 1.00 bits per heavy atom. The minimum absolute atomic E-state index is 0.322. The summed E-state index contributed by atoms with van der Waals surface area (Å²) in [6, 6.07) is 12.5. The van der Waals surface area contributed by atoms with Crippen LogP contribution in [0.5, 0.6) is 5.75 Å². The van der Waals surface area contributed by atoms with Crippen LogP contribution >= 0.6 is 0 Å². The van der Waals surface area contributed by atoms with Crippen LogP contribution in [-0.2, 0) is 11.3 Å². The molecule has 4 rings (SSSR count). The molecule has 0 amide bonds. The molecule has 2 aromatic rings. The van der Waals surface area contributed by atoms with Crippen molar-refractivity contribution in [1.82, 2.24) is 4.90 Å². The number of piperidine rings is 1. The Balaban J connectivity index is 1.40. The van der Waals surface area contributed by atoms with Gasteiger partial charge in [-0.1, -0.05) is 45.4 Å². The van der Waals surface area contributed by atoms with E-state index in [0.717, 1.165) is 50.3 Å². The summed E-state index contributed by atoms with van der Waals surface area (Å²) in [5.74, 6) is 1.06. The van der Waals surface area contributed by atoms with Crippen LogP contribution in [0.3, 0.4) is 0 Å². The van der Waals surface area contributed by atoms with Crippen LogP contribution in [0.25, 0.3) is 10.8 Å². The van der Waals surface area contributed by atoms with Crippen molar-refractivity contribution in [3.63, 3.8) is 0 Å². The SMILES string of the molecule is CC(C)(C)[C@H]1CC[C@H](Oc2ccc3cc(CN4CCCCC4C(=O)O)ccc3c2)CC1. The average molecular weight is 424 g/mol. The van der Waals surface area contributed by atoms with Crippen molar-refractivity contribution in [2.24, 2.45) is 11.3 Å². The van der Waals surface area contributed by atoms with Gasteiger partial charge >= 0.3 is 5.97 Å². The number of hydrogen-bond donors (Lipinski definition) is 1. The maximum Gasteiger partial charge on any atom is 0.320 e. The summed E-state index contributed by atoms with van der Waals surface area (Å²) in [5, 5.41) is 11.9. The smallest absolute Gasteiger partial charge is 0.320 e. The first kappa shape index (κ1) is 22.1. The molecule has 4 nitrogen and oxygen atoms in total. The fourth-order valence-corrected chi connectivity index (χ4v) is 5.38. The van der Waals surface area contributed by atoms with E-state index in [1.807, 2.05) is 0 Å². The Bertz CT molecular complexity index is 908. The molecular formula is C27H37NO3. The van der Waals surface area contributed by atoms with Gasteiger partial charge in [0.15, 0.2) is 0 Å². The van der Waals surface area contributed by atoms with E-state index in [4.69, 9.17) is 4.74 Å². The third-order valence-electron chi connectivity index (χ3n) is 7.36. The highest BCUT2D eigenvalue weighted by Gasteiger charge is 2.30. The van der Waals surface area contributed by atoms with Gasteiger partial charge in [-0.15, -0.1) is 0 Å². The number of benzene rings is 2. The van der Waals surface area contributed by atoms with Gasteiger partial charge in [-0.25, -0.2) is 0 Å². The molecule has 4 heteroatoms. The maximum absolute atomic E-state index is 11.6. The van der Waals surface area contributed by atoms with Gasteiger partial charge in [0.1, 0.15) is 11.8 Å². The van der Waals surface area contributed by atoms with E-state index >= 15 is 0 Å². The molecule has 31 heavy (non-hydrogen) atoms. The van der Waals surface area contributed by atoms with Crippen LogP contribution in [-0.4, -0.2) is 34.7 Å². The number of rotatable bonds is 5. The Hall–Kier alpha value is -2.07. The summed E-state index contributed by atoms with van der Waals surface area (Å²) in [6.45, 7) is 8.61. The van der Waals surface area contributed by atoms with E-state index in [2.05, 4.69) is 62.1 Å². The number of ether oxygens (including phenoxy) is 1. The molecule has 2 fully saturated rings. The van der Waals surface area contributed by atoms with Crippen LogP contribution in [0.15, 0.2) is 36.4 Å². The zero-order valence-electron chi connectivity index (χ0n) is 19.3. The molecule has 1 aliphatic carbocycles. The molecule has 1 heterocycles. The van der Waals surface area contributed by atoms with Crippen molar-refractivity contribution in [3.05, 3.63) is 42.0 Å². The molecule has 1 N–H and O–H groups in total. The standard InChI is InChI=1S/C27H37NO3/c1-27(2,3)22-10-13-23(14-11-22)31-24-12-9-20-16-19(7-8-21(20)17-24)18-28-15-5-4-6-25(28)26(29)30/h7-9,12,16-17,22-23,25H,4-6,10-11,13-15,18H2,1-3H3,(H,29,30)/t22-,23-,25?. The summed E-state index contributed by atoms with van der Waals surface area (Å²) in [4.78, 5) is 13.7. The van der Waals surface area contributed by atoms with Gasteiger partial charge in [-0.3, -0.25) is 9.69 Å². The molecular weight excluding hydrogens is 386 g/mol. The summed E-state index contributed by atoms with van der Waals surface area (Å²) in [5.41, 5.74) is 1.57. The van der Waals surface area contributed by atoms with Gasteiger partial charge in [0, 0.05) is 6.54 Å². The van der Waals surface area contributed by atoms with Crippen molar-refractivity contribution in [2.45, 2.75) is 84.4 Å². The first-order valence-electron chi connectivity index (χ1n) is 12.0. The largest absolute Gasteiger partial charge is 0.490 e. The molecule has 0 spiro atoms. The Morgan fingerprint density at radius 2 is 1.71 bits per heavy atom. The van der Waals surface area contributed by atoms with E-state index in [9.17, 15) is 9.90 Å². The highest BCUT2D eigenvalue weighted by Crippen LogP contribution is 2.39. The van der Waals surface area contributed by atoms with Gasteiger partial charge < -0.3 is 9.84 Å². The zero-order chi connectivity index (χ0) is 22.0. The fraction of sp³-hybridized carbons (Fsp3) is 0.593. The van der Waals surface area contributed by atoms with E-state index in [1.54, 1.807) is 0 Å². The number of carboxylic acids is 1. The third-order valence-corrected chi connectivity index (χ3v) is 7.36. The molecule has 2 aromatic carbocycles. The molecule has 1 unspecified atom stereocenters. The Kier molecular flexibility index (Phi) is 6.57. The van der Waals surface area contributed by atoms with Crippen molar-refractivity contribution in [1.29, 1.82) is 0 Å². The third kappa shape index (κ3) is 5.41. The van der Waals surface area contributed by atoms with Gasteiger partial charge in [0.05, 0.1) is 6.10 Å². The van der Waals surface area contributed by atoms with E-state index in [-0.39, 0.29) is 6.04 Å². The number of nitrogens with zero attached hydrogens (tertiary/aromatic N) is 1. The minimum Gasteiger partial charge on any atom is -0.490 e. The molecule has 2 aliphatic rings. The molecule has 0 aromatic heterocycles. The van der Waals surface area contributed by atoms with E-state index < -0.39 is 5.97 Å². The fourth-order valence-electron chi connectivity index (χ4n) is 5.38. The summed E-state index contributed by atoms with van der Waals surface area (Å²) >= 11 is 0. The quantitative estimate of drug-likeness (QED) is 0.616. The van der Waals surface area contributed by atoms with Gasteiger partial charge in [0.25, 0.3) is 0 Å². The zero-order valence-corrected chi connectivity index (χ0v) is 19.3. The highest BCUT2D eigenvalue weighted by molar-refractivity contribution is 5.84. The van der Waals surface area contributed by atoms with Gasteiger partial charge in [-0.05, 0) is 90.9 Å². The van der Waals surface area contributed by atoms with Crippen LogP contribution in [0.2, 0.25) is 0 Å². The van der Waals surface area contributed by atoms with Crippen molar-refractivity contribution >= 4 is 16.7 Å². The number of carbonyl (C=O) groups is 1. The lowest BCUT2D eigenvalue weighted by atomic mass is 9.72. The van der Waals surface area contributed by atoms with Crippen molar-refractivity contribution in [2.75, 3.05) is 6.54 Å².